The largest absolute Gasteiger partial charge is 0.472 e. The van der Waals surface area contributed by atoms with Gasteiger partial charge < -0.3 is 13.4 Å². The van der Waals surface area contributed by atoms with Crippen LogP contribution in [0.4, 0.5) is 0 Å². The fourth-order valence-electron chi connectivity index (χ4n) is 4.81. The monoisotopic (exact) mass is 440 g/mol. The highest BCUT2D eigenvalue weighted by Gasteiger charge is 2.43. The van der Waals surface area contributed by atoms with Crippen molar-refractivity contribution in [3.8, 4) is 0 Å². The molecule has 1 aliphatic carbocycles. The van der Waals surface area contributed by atoms with E-state index >= 15 is 0 Å². The molecule has 0 N–H and O–H groups in total. The fourth-order valence-corrected chi connectivity index (χ4v) is 5.81. The first-order valence-corrected chi connectivity index (χ1v) is 11.9. The highest BCUT2D eigenvalue weighted by molar-refractivity contribution is 7.07. The smallest absolute Gasteiger partial charge is 0.185 e. The minimum atomic E-state index is 0.0305. The Morgan fingerprint density at radius 2 is 1.88 bits per heavy atom. The van der Waals surface area contributed by atoms with Crippen molar-refractivity contribution < 1.29 is 8.83 Å². The van der Waals surface area contributed by atoms with Gasteiger partial charge in [0, 0.05) is 22.1 Å². The van der Waals surface area contributed by atoms with Crippen LogP contribution in [-0.4, -0.2) is 4.57 Å². The van der Waals surface area contributed by atoms with E-state index in [1.807, 2.05) is 24.5 Å². The number of thiazole rings is 1. The normalized spacial score (nSPS) is 15.8. The molecule has 0 bridgehead atoms. The van der Waals surface area contributed by atoms with E-state index in [2.05, 4.69) is 52.4 Å². The van der Waals surface area contributed by atoms with Gasteiger partial charge in [-0.1, -0.05) is 48.9 Å². The Morgan fingerprint density at radius 1 is 0.969 bits per heavy atom. The maximum Gasteiger partial charge on any atom is 0.185 e. The molecule has 0 aliphatic heterocycles. The number of nitrogens with zero attached hydrogens (tertiary/aromatic N) is 2. The van der Waals surface area contributed by atoms with Gasteiger partial charge >= 0.3 is 0 Å². The Hall–Kier alpha value is -3.31. The van der Waals surface area contributed by atoms with E-state index in [0.717, 1.165) is 35.5 Å². The fraction of sp³-hybridized carbons (Fsp3) is 0.222. The average molecular weight is 441 g/mol. The molecule has 2 aromatic carbocycles. The molecule has 160 valence electrons. The third-order valence-electron chi connectivity index (χ3n) is 6.67. The maximum absolute atomic E-state index is 5.50. The second-order valence-electron chi connectivity index (χ2n) is 8.51. The summed E-state index contributed by atoms with van der Waals surface area (Å²) < 4.78 is 13.3. The molecule has 1 saturated carbocycles. The topological polar surface area (TPSA) is 43.6 Å². The Balaban J connectivity index is 1.47. The van der Waals surface area contributed by atoms with Gasteiger partial charge in [-0.25, -0.2) is 0 Å². The van der Waals surface area contributed by atoms with Crippen LogP contribution >= 0.6 is 11.3 Å². The molecule has 0 amide bonds. The highest BCUT2D eigenvalue weighted by atomic mass is 32.1. The molecule has 0 unspecified atom stereocenters. The quantitative estimate of drug-likeness (QED) is 0.302. The van der Waals surface area contributed by atoms with Gasteiger partial charge in [0.05, 0.1) is 25.3 Å². The van der Waals surface area contributed by atoms with Crippen LogP contribution < -0.4 is 4.80 Å². The van der Waals surface area contributed by atoms with Crippen molar-refractivity contribution in [2.75, 3.05) is 0 Å². The van der Waals surface area contributed by atoms with Crippen LogP contribution in [0.15, 0.2) is 98.7 Å². The number of hydrogen-bond donors (Lipinski definition) is 0. The van der Waals surface area contributed by atoms with Crippen LogP contribution in [0.2, 0.25) is 0 Å². The van der Waals surface area contributed by atoms with Crippen molar-refractivity contribution >= 4 is 22.1 Å². The lowest BCUT2D eigenvalue weighted by molar-refractivity contribution is 0.284. The SMILES string of the molecule is c1coc(CN=c2scc(C3(c4ccc5ccccc5c4)CCC3)n2Cc2ccoc2)c1. The van der Waals surface area contributed by atoms with Gasteiger partial charge in [-0.2, -0.15) is 0 Å². The Kier molecular flexibility index (Phi) is 4.84. The van der Waals surface area contributed by atoms with Gasteiger partial charge in [0.15, 0.2) is 4.80 Å². The van der Waals surface area contributed by atoms with Crippen molar-refractivity contribution in [2.45, 2.75) is 37.8 Å². The van der Waals surface area contributed by atoms with Gasteiger partial charge in [0.25, 0.3) is 0 Å². The van der Waals surface area contributed by atoms with Crippen LogP contribution in [0, 0.1) is 0 Å². The van der Waals surface area contributed by atoms with E-state index in [1.165, 1.54) is 28.5 Å². The molecule has 3 heterocycles. The molecule has 6 rings (SSSR count). The zero-order valence-corrected chi connectivity index (χ0v) is 18.6. The molecule has 32 heavy (non-hydrogen) atoms. The summed E-state index contributed by atoms with van der Waals surface area (Å²) in [7, 11) is 0. The Morgan fingerprint density at radius 3 is 2.62 bits per heavy atom. The Labute approximate surface area is 190 Å². The second kappa shape index (κ2) is 7.99. The van der Waals surface area contributed by atoms with Crippen molar-refractivity contribution in [3.05, 3.63) is 112 Å². The molecule has 1 fully saturated rings. The lowest BCUT2D eigenvalue weighted by atomic mass is 9.62. The average Bonchev–Trinajstić information content (AvgIpc) is 3.56. The number of aromatic nitrogens is 1. The molecule has 0 saturated heterocycles. The summed E-state index contributed by atoms with van der Waals surface area (Å²) in [4.78, 5) is 5.94. The minimum Gasteiger partial charge on any atom is -0.472 e. The molecule has 0 spiro atoms. The zero-order valence-electron chi connectivity index (χ0n) is 17.7. The van der Waals surface area contributed by atoms with E-state index in [0.29, 0.717) is 6.54 Å². The molecular weight excluding hydrogens is 416 g/mol. The van der Waals surface area contributed by atoms with Crippen molar-refractivity contribution in [2.24, 2.45) is 4.99 Å². The van der Waals surface area contributed by atoms with Crippen molar-refractivity contribution in [3.63, 3.8) is 0 Å². The van der Waals surface area contributed by atoms with Crippen LogP contribution in [0.1, 0.15) is 41.8 Å². The first kappa shape index (κ1) is 19.4. The number of furan rings is 2. The van der Waals surface area contributed by atoms with E-state index in [9.17, 15) is 0 Å². The summed E-state index contributed by atoms with van der Waals surface area (Å²) in [6.07, 6.45) is 8.83. The van der Waals surface area contributed by atoms with Gasteiger partial charge in [-0.3, -0.25) is 4.99 Å². The summed E-state index contributed by atoms with van der Waals surface area (Å²) in [5, 5.41) is 4.90. The zero-order chi connectivity index (χ0) is 21.4. The summed E-state index contributed by atoms with van der Waals surface area (Å²) in [5.41, 5.74) is 3.93. The first-order chi connectivity index (χ1) is 15.8. The van der Waals surface area contributed by atoms with E-state index in [4.69, 9.17) is 13.8 Å². The summed E-state index contributed by atoms with van der Waals surface area (Å²) in [6, 6.07) is 21.5. The molecule has 5 heteroatoms. The van der Waals surface area contributed by atoms with Crippen LogP contribution in [0.5, 0.6) is 0 Å². The standard InChI is InChI=1S/C27H24N2O2S/c1-2-6-22-15-23(9-8-21(22)5-1)27(11-4-12-27)25-19-32-26(28-16-24-7-3-13-31-24)29(25)17-20-10-14-30-18-20/h1-3,5-10,13-15,18-19H,4,11-12,16-17H2. The number of rotatable bonds is 6. The molecule has 3 aromatic heterocycles. The molecular formula is C27H24N2O2S. The van der Waals surface area contributed by atoms with Crippen LogP contribution in [-0.2, 0) is 18.5 Å². The minimum absolute atomic E-state index is 0.0305. The summed E-state index contributed by atoms with van der Waals surface area (Å²) in [5.74, 6) is 0.877. The number of benzene rings is 2. The molecule has 0 atom stereocenters. The molecule has 4 nitrogen and oxygen atoms in total. The third kappa shape index (κ3) is 3.33. The molecule has 1 aliphatic rings. The van der Waals surface area contributed by atoms with Crippen molar-refractivity contribution in [1.29, 1.82) is 0 Å². The maximum atomic E-state index is 5.50. The van der Waals surface area contributed by atoms with E-state index in [-0.39, 0.29) is 5.41 Å². The Bertz CT molecular complexity index is 1400. The first-order valence-electron chi connectivity index (χ1n) is 11.0. The second-order valence-corrected chi connectivity index (χ2v) is 9.35. The number of hydrogen-bond acceptors (Lipinski definition) is 4. The van der Waals surface area contributed by atoms with Crippen molar-refractivity contribution in [1.82, 2.24) is 4.57 Å². The number of fused-ring (bicyclic) bond motifs is 1. The van der Waals surface area contributed by atoms with Crippen LogP contribution in [0.3, 0.4) is 0 Å². The predicted molar refractivity (Wildman–Crippen MR) is 127 cm³/mol. The van der Waals surface area contributed by atoms with Gasteiger partial charge in [-0.05, 0) is 47.4 Å². The predicted octanol–water partition coefficient (Wildman–Crippen LogP) is 6.51. The van der Waals surface area contributed by atoms with Crippen LogP contribution in [0.25, 0.3) is 10.8 Å². The van der Waals surface area contributed by atoms with Gasteiger partial charge in [-0.15, -0.1) is 11.3 Å². The van der Waals surface area contributed by atoms with Gasteiger partial charge in [0.2, 0.25) is 0 Å². The molecule has 5 aromatic rings. The van der Waals surface area contributed by atoms with E-state index < -0.39 is 0 Å². The highest BCUT2D eigenvalue weighted by Crippen LogP contribution is 2.49. The van der Waals surface area contributed by atoms with E-state index in [1.54, 1.807) is 23.9 Å². The summed E-state index contributed by atoms with van der Waals surface area (Å²) >= 11 is 1.72. The third-order valence-corrected chi connectivity index (χ3v) is 7.57. The molecule has 0 radical (unpaired) electrons. The van der Waals surface area contributed by atoms with Gasteiger partial charge in [0.1, 0.15) is 12.3 Å². The lowest BCUT2D eigenvalue weighted by Gasteiger charge is -2.43. The summed E-state index contributed by atoms with van der Waals surface area (Å²) in [6.45, 7) is 1.29. The lowest BCUT2D eigenvalue weighted by Crippen LogP contribution is -2.39.